The van der Waals surface area contributed by atoms with Gasteiger partial charge in [0.15, 0.2) is 5.96 Å². The van der Waals surface area contributed by atoms with Gasteiger partial charge in [-0.25, -0.2) is 4.99 Å². The van der Waals surface area contributed by atoms with E-state index in [0.717, 1.165) is 61.9 Å². The quantitative estimate of drug-likeness (QED) is 0.528. The molecule has 1 unspecified atom stereocenters. The molecule has 1 aromatic carbocycles. The summed E-state index contributed by atoms with van der Waals surface area (Å²) in [5.41, 5.74) is 2.26. The average molecular weight is 417 g/mol. The van der Waals surface area contributed by atoms with Crippen LogP contribution in [0.4, 0.5) is 0 Å². The number of aliphatic imine (C=N–C) groups is 1. The average Bonchev–Trinajstić information content (AvgIpc) is 3.10. The van der Waals surface area contributed by atoms with Gasteiger partial charge in [0.1, 0.15) is 17.6 Å². The molecule has 0 bridgehead atoms. The Bertz CT molecular complexity index is 757. The van der Waals surface area contributed by atoms with E-state index in [1.54, 1.807) is 7.05 Å². The summed E-state index contributed by atoms with van der Waals surface area (Å²) < 4.78 is 11.8. The molecule has 30 heavy (non-hydrogen) atoms. The third kappa shape index (κ3) is 5.58. The number of nitrogens with one attached hydrogen (secondary N) is 2. The van der Waals surface area contributed by atoms with Crippen LogP contribution in [0.15, 0.2) is 17.1 Å². The zero-order chi connectivity index (χ0) is 21.5. The minimum atomic E-state index is 0.130. The highest BCUT2D eigenvalue weighted by Gasteiger charge is 2.24. The first kappa shape index (κ1) is 22.2. The van der Waals surface area contributed by atoms with E-state index in [2.05, 4.69) is 41.5 Å². The van der Waals surface area contributed by atoms with Crippen LogP contribution >= 0.6 is 0 Å². The van der Waals surface area contributed by atoms with Gasteiger partial charge in [-0.05, 0) is 51.7 Å². The summed E-state index contributed by atoms with van der Waals surface area (Å²) in [6, 6.07) is 4.21. The van der Waals surface area contributed by atoms with Crippen LogP contribution in [0.1, 0.15) is 51.2 Å². The molecule has 0 aromatic heterocycles. The van der Waals surface area contributed by atoms with Gasteiger partial charge in [0.25, 0.3) is 0 Å². The number of likely N-dealkylation sites (tertiary alicyclic amines) is 1. The van der Waals surface area contributed by atoms with E-state index in [0.29, 0.717) is 25.5 Å². The van der Waals surface area contributed by atoms with E-state index in [9.17, 15) is 4.79 Å². The molecule has 2 aliphatic heterocycles. The van der Waals surface area contributed by atoms with Crippen molar-refractivity contribution >= 4 is 11.9 Å². The summed E-state index contributed by atoms with van der Waals surface area (Å²) in [6.45, 7) is 10.0. The van der Waals surface area contributed by atoms with Crippen molar-refractivity contribution in [3.05, 3.63) is 23.3 Å². The first-order valence-corrected chi connectivity index (χ1v) is 11.2. The number of rotatable bonds is 7. The molecule has 0 aliphatic carbocycles. The van der Waals surface area contributed by atoms with Gasteiger partial charge < -0.3 is 25.0 Å². The fourth-order valence-electron chi connectivity index (χ4n) is 4.19. The van der Waals surface area contributed by atoms with Crippen molar-refractivity contribution < 1.29 is 14.3 Å². The Morgan fingerprint density at radius 2 is 2.07 bits per heavy atom. The molecule has 7 heteroatoms. The lowest BCUT2D eigenvalue weighted by atomic mass is 9.93. The third-order valence-corrected chi connectivity index (χ3v) is 5.78. The van der Waals surface area contributed by atoms with E-state index < -0.39 is 0 Å². The number of carbonyl (C=O) groups excluding carboxylic acids is 1. The second-order valence-corrected chi connectivity index (χ2v) is 8.11. The van der Waals surface area contributed by atoms with E-state index in [1.807, 2.05) is 6.92 Å². The Kier molecular flexibility index (Phi) is 7.82. The number of carbonyl (C=O) groups is 1. The lowest BCUT2D eigenvalue weighted by Gasteiger charge is -2.34. The van der Waals surface area contributed by atoms with Gasteiger partial charge in [0.2, 0.25) is 5.91 Å². The molecule has 1 atom stereocenters. The summed E-state index contributed by atoms with van der Waals surface area (Å²) in [5.74, 6) is 3.36. The molecule has 0 saturated carbocycles. The predicted molar refractivity (Wildman–Crippen MR) is 119 cm³/mol. The Balaban J connectivity index is 1.69. The van der Waals surface area contributed by atoms with Gasteiger partial charge in [-0.15, -0.1) is 0 Å². The summed E-state index contributed by atoms with van der Waals surface area (Å²) in [5, 5.41) is 6.16. The smallest absolute Gasteiger partial charge is 0.220 e. The Labute approximate surface area is 180 Å². The van der Waals surface area contributed by atoms with Crippen LogP contribution in [0.3, 0.4) is 0 Å². The predicted octanol–water partition coefficient (Wildman–Crippen LogP) is 2.72. The normalized spacial score (nSPS) is 19.3. The molecule has 1 saturated heterocycles. The maximum Gasteiger partial charge on any atom is 0.220 e. The zero-order valence-electron chi connectivity index (χ0n) is 18.8. The van der Waals surface area contributed by atoms with Crippen LogP contribution in [-0.2, 0) is 17.8 Å². The second kappa shape index (κ2) is 10.5. The van der Waals surface area contributed by atoms with Gasteiger partial charge in [0, 0.05) is 50.7 Å². The summed E-state index contributed by atoms with van der Waals surface area (Å²) >= 11 is 0. The highest BCUT2D eigenvalue weighted by atomic mass is 16.5. The van der Waals surface area contributed by atoms with Crippen LogP contribution in [0.2, 0.25) is 0 Å². The van der Waals surface area contributed by atoms with Gasteiger partial charge in [-0.3, -0.25) is 4.79 Å². The fourth-order valence-corrected chi connectivity index (χ4v) is 4.19. The molecule has 1 amide bonds. The molecule has 3 rings (SSSR count). The summed E-state index contributed by atoms with van der Waals surface area (Å²) in [7, 11) is 1.70. The molecular weight excluding hydrogens is 380 g/mol. The van der Waals surface area contributed by atoms with E-state index in [4.69, 9.17) is 14.5 Å². The lowest BCUT2D eigenvalue weighted by Crippen LogP contribution is -2.46. The topological polar surface area (TPSA) is 75.2 Å². The minimum absolute atomic E-state index is 0.130. The number of piperidine rings is 1. The van der Waals surface area contributed by atoms with Crippen molar-refractivity contribution in [2.24, 2.45) is 10.9 Å². The number of hydrogen-bond acceptors (Lipinski definition) is 4. The van der Waals surface area contributed by atoms with Gasteiger partial charge in [-0.1, -0.05) is 0 Å². The number of benzene rings is 1. The monoisotopic (exact) mass is 416 g/mol. The van der Waals surface area contributed by atoms with Crippen molar-refractivity contribution in [3.8, 4) is 11.5 Å². The largest absolute Gasteiger partial charge is 0.494 e. The highest BCUT2D eigenvalue weighted by molar-refractivity contribution is 5.80. The number of amides is 1. The highest BCUT2D eigenvalue weighted by Crippen LogP contribution is 2.35. The van der Waals surface area contributed by atoms with Crippen LogP contribution in [0, 0.1) is 5.92 Å². The molecule has 1 fully saturated rings. The Hall–Kier alpha value is -2.44. The molecule has 0 radical (unpaired) electrons. The Morgan fingerprint density at radius 1 is 1.30 bits per heavy atom. The molecular formula is C23H36N4O3. The van der Waals surface area contributed by atoms with Gasteiger partial charge >= 0.3 is 0 Å². The molecule has 1 aromatic rings. The maximum absolute atomic E-state index is 11.7. The first-order chi connectivity index (χ1) is 14.5. The first-order valence-electron chi connectivity index (χ1n) is 11.2. The van der Waals surface area contributed by atoms with Crippen molar-refractivity contribution in [1.82, 2.24) is 15.5 Å². The number of ether oxygens (including phenoxy) is 2. The number of guanidine groups is 1. The third-order valence-electron chi connectivity index (χ3n) is 5.78. The summed E-state index contributed by atoms with van der Waals surface area (Å²) in [6.07, 6.45) is 3.76. The lowest BCUT2D eigenvalue weighted by molar-refractivity contribution is -0.121. The van der Waals surface area contributed by atoms with Crippen molar-refractivity contribution in [2.45, 2.75) is 59.1 Å². The van der Waals surface area contributed by atoms with Crippen molar-refractivity contribution in [2.75, 3.05) is 33.3 Å². The van der Waals surface area contributed by atoms with Crippen LogP contribution in [0.5, 0.6) is 11.5 Å². The number of nitrogens with zero attached hydrogens (tertiary/aromatic N) is 2. The van der Waals surface area contributed by atoms with Crippen LogP contribution in [0.25, 0.3) is 0 Å². The van der Waals surface area contributed by atoms with Crippen LogP contribution in [-0.4, -0.2) is 56.2 Å². The molecule has 2 N–H and O–H groups in total. The van der Waals surface area contributed by atoms with Crippen LogP contribution < -0.4 is 20.1 Å². The van der Waals surface area contributed by atoms with Crippen molar-refractivity contribution in [1.29, 1.82) is 0 Å². The Morgan fingerprint density at radius 3 is 2.73 bits per heavy atom. The zero-order valence-corrected chi connectivity index (χ0v) is 18.8. The van der Waals surface area contributed by atoms with Gasteiger partial charge in [0.05, 0.1) is 13.2 Å². The molecule has 2 aliphatic rings. The fraction of sp³-hybridized carbons (Fsp3) is 0.652. The molecule has 7 nitrogen and oxygen atoms in total. The van der Waals surface area contributed by atoms with Gasteiger partial charge in [-0.2, -0.15) is 0 Å². The molecule has 166 valence electrons. The number of fused-ring (bicyclic) bond motifs is 1. The molecule has 2 heterocycles. The van der Waals surface area contributed by atoms with E-state index in [-0.39, 0.29) is 12.0 Å². The van der Waals surface area contributed by atoms with Crippen molar-refractivity contribution in [3.63, 3.8) is 0 Å². The van der Waals surface area contributed by atoms with E-state index >= 15 is 0 Å². The number of hydrogen-bond donors (Lipinski definition) is 2. The second-order valence-electron chi connectivity index (χ2n) is 8.11. The standard InChI is InChI=1S/C23H36N4O3/c1-5-25-23(27-9-7-17(8-10-27)12-22(28)24-4)26-15-19-14-21-18(11-16(3)30-21)13-20(19)29-6-2/h13-14,16-17H,5-12,15H2,1-4H3,(H,24,28)(H,25,26). The SMILES string of the molecule is CCNC(=NCc1cc2c(cc1OCC)CC(C)O2)N1CCC(CC(=O)NC)CC1. The molecule has 0 spiro atoms. The minimum Gasteiger partial charge on any atom is -0.494 e. The van der Waals surface area contributed by atoms with E-state index in [1.165, 1.54) is 5.56 Å². The maximum atomic E-state index is 11.7. The summed E-state index contributed by atoms with van der Waals surface area (Å²) in [4.78, 5) is 18.9.